The minimum Gasteiger partial charge on any atom is -0.462 e. The van der Waals surface area contributed by atoms with Crippen molar-refractivity contribution >= 4 is 23.3 Å². The van der Waals surface area contributed by atoms with Crippen LogP contribution in [0.25, 0.3) is 5.69 Å². The van der Waals surface area contributed by atoms with Crippen LogP contribution in [0.5, 0.6) is 0 Å². The van der Waals surface area contributed by atoms with E-state index in [9.17, 15) is 33.7 Å². The second-order valence-electron chi connectivity index (χ2n) is 5.88. The van der Waals surface area contributed by atoms with Crippen molar-refractivity contribution in [2.24, 2.45) is 7.05 Å². The van der Waals surface area contributed by atoms with Crippen LogP contribution in [0, 0.1) is 15.9 Å². The topological polar surface area (TPSA) is 135 Å². The van der Waals surface area contributed by atoms with E-state index in [0.717, 1.165) is 7.05 Å². The van der Waals surface area contributed by atoms with Gasteiger partial charge in [-0.05, 0) is 13.8 Å². The first-order chi connectivity index (χ1) is 13.0. The number of nitro benzene ring substituents is 1. The van der Waals surface area contributed by atoms with Crippen LogP contribution in [0.15, 0.2) is 26.5 Å². The van der Waals surface area contributed by atoms with Crippen LogP contribution in [-0.4, -0.2) is 30.7 Å². The molecule has 0 aliphatic heterocycles. The van der Waals surface area contributed by atoms with Crippen molar-refractivity contribution in [2.75, 3.05) is 0 Å². The third kappa shape index (κ3) is 3.86. The van der Waals surface area contributed by atoms with Gasteiger partial charge in [0, 0.05) is 19.2 Å². The summed E-state index contributed by atoms with van der Waals surface area (Å²) in [5.41, 5.74) is -5.15. The van der Waals surface area contributed by atoms with Crippen molar-refractivity contribution in [2.45, 2.75) is 26.5 Å². The molecular weight excluding hydrogens is 403 g/mol. The average molecular weight is 417 g/mol. The van der Waals surface area contributed by atoms with Gasteiger partial charge in [0.25, 0.3) is 0 Å². The Morgan fingerprint density at radius 1 is 1.25 bits per heavy atom. The van der Waals surface area contributed by atoms with Gasteiger partial charge in [-0.3, -0.25) is 14.9 Å². The summed E-state index contributed by atoms with van der Waals surface area (Å²) >= 11 is 5.85. The average Bonchev–Trinajstić information content (AvgIpc) is 2.57. The van der Waals surface area contributed by atoms with Gasteiger partial charge in [-0.25, -0.2) is 28.1 Å². The molecule has 0 unspecified atom stereocenters. The Bertz CT molecular complexity index is 1150. The maximum atomic E-state index is 13.7. The Balaban J connectivity index is 2.80. The molecular formula is C15H14ClFN4O7. The van der Waals surface area contributed by atoms with Crippen LogP contribution >= 0.6 is 11.6 Å². The van der Waals surface area contributed by atoms with Crippen LogP contribution in [0.2, 0.25) is 5.02 Å². The smallest absolute Gasteiger partial charge is 0.341 e. The molecule has 11 nitrogen and oxygen atoms in total. The lowest BCUT2D eigenvalue weighted by Crippen LogP contribution is -2.54. The lowest BCUT2D eigenvalue weighted by atomic mass is 10.2. The second-order valence-corrected chi connectivity index (χ2v) is 6.29. The summed E-state index contributed by atoms with van der Waals surface area (Å²) in [4.78, 5) is 59.1. The van der Waals surface area contributed by atoms with Crippen LogP contribution in [-0.2, 0) is 23.1 Å². The fraction of sp³-hybridized carbons (Fsp3) is 0.333. The van der Waals surface area contributed by atoms with Crippen molar-refractivity contribution in [3.8, 4) is 5.69 Å². The molecule has 28 heavy (non-hydrogen) atoms. The van der Waals surface area contributed by atoms with Gasteiger partial charge in [-0.1, -0.05) is 11.6 Å². The van der Waals surface area contributed by atoms with Crippen molar-refractivity contribution < 1.29 is 18.8 Å². The zero-order valence-electron chi connectivity index (χ0n) is 14.8. The summed E-state index contributed by atoms with van der Waals surface area (Å²) in [6, 6.07) is 1.14. The Hall–Kier alpha value is -3.28. The molecule has 1 heterocycles. The van der Waals surface area contributed by atoms with E-state index in [1.54, 1.807) is 13.8 Å². The number of hydrogen-bond acceptors (Lipinski definition) is 7. The lowest BCUT2D eigenvalue weighted by molar-refractivity contribution is -0.387. The summed E-state index contributed by atoms with van der Waals surface area (Å²) in [6.07, 6.45) is -0.521. The minimum absolute atomic E-state index is 0.332. The number of nitro groups is 1. The van der Waals surface area contributed by atoms with Gasteiger partial charge >= 0.3 is 28.7 Å². The van der Waals surface area contributed by atoms with Crippen molar-refractivity contribution in [3.05, 3.63) is 64.5 Å². The third-order valence-electron chi connectivity index (χ3n) is 3.53. The number of benzene rings is 1. The molecule has 0 aliphatic carbocycles. The first-order valence-electron chi connectivity index (χ1n) is 7.71. The number of ether oxygens (including phenoxy) is 1. The number of hydrogen-bond donors (Lipinski definition) is 0. The largest absolute Gasteiger partial charge is 0.462 e. The molecule has 0 saturated carbocycles. The number of carbonyl (C=O) groups excluding carboxylic acids is 1. The zero-order valence-corrected chi connectivity index (χ0v) is 15.6. The van der Waals surface area contributed by atoms with Crippen molar-refractivity contribution in [3.63, 3.8) is 0 Å². The summed E-state index contributed by atoms with van der Waals surface area (Å²) in [6.45, 7) is 2.29. The molecule has 0 N–H and O–H groups in total. The molecule has 1 aromatic heterocycles. The maximum Gasteiger partial charge on any atom is 0.341 e. The van der Waals surface area contributed by atoms with E-state index in [-0.39, 0.29) is 0 Å². The maximum absolute atomic E-state index is 13.7. The zero-order chi connectivity index (χ0) is 21.3. The van der Waals surface area contributed by atoms with Crippen LogP contribution in [0.4, 0.5) is 10.1 Å². The van der Waals surface area contributed by atoms with Gasteiger partial charge in [0.2, 0.25) is 5.82 Å². The van der Waals surface area contributed by atoms with Crippen LogP contribution in [0.1, 0.15) is 13.8 Å². The van der Waals surface area contributed by atoms with E-state index in [0.29, 0.717) is 25.8 Å². The molecule has 0 bridgehead atoms. The van der Waals surface area contributed by atoms with Gasteiger partial charge in [-0.15, -0.1) is 0 Å². The molecule has 2 aromatic rings. The molecule has 0 aliphatic rings. The highest BCUT2D eigenvalue weighted by Gasteiger charge is 2.23. The van der Waals surface area contributed by atoms with E-state index >= 15 is 0 Å². The van der Waals surface area contributed by atoms with Crippen molar-refractivity contribution in [1.29, 1.82) is 0 Å². The molecule has 150 valence electrons. The third-order valence-corrected chi connectivity index (χ3v) is 3.83. The summed E-state index contributed by atoms with van der Waals surface area (Å²) in [7, 11) is 1.02. The predicted molar refractivity (Wildman–Crippen MR) is 94.4 cm³/mol. The first-order valence-corrected chi connectivity index (χ1v) is 8.09. The number of aromatic nitrogens is 3. The molecule has 1 aromatic carbocycles. The number of esters is 1. The Morgan fingerprint density at radius 2 is 1.86 bits per heavy atom. The van der Waals surface area contributed by atoms with Gasteiger partial charge in [0.05, 0.1) is 21.7 Å². The molecule has 0 spiro atoms. The molecule has 0 radical (unpaired) electrons. The van der Waals surface area contributed by atoms with Crippen LogP contribution < -0.4 is 17.1 Å². The Kier molecular flexibility index (Phi) is 5.83. The highest BCUT2D eigenvalue weighted by Crippen LogP contribution is 2.27. The molecule has 0 fully saturated rings. The van der Waals surface area contributed by atoms with Gasteiger partial charge < -0.3 is 4.74 Å². The molecule has 0 atom stereocenters. The SMILES string of the molecule is CC(C)OC(=O)Cn1c(=O)n(C)c(=O)n(-c2cc([N+](=O)[O-])c(F)cc2Cl)c1=O. The normalized spacial score (nSPS) is 10.9. The standard InChI is InChI=1S/C15H14ClFN4O7/c1-7(2)28-12(22)6-19-13(23)18(3)14(24)20(15(19)25)10-5-11(21(26)27)9(17)4-8(10)16/h4-5,7H,6H2,1-3H3. The highest BCUT2D eigenvalue weighted by molar-refractivity contribution is 6.32. The number of rotatable bonds is 5. The number of halogens is 2. The predicted octanol–water partition coefficient (Wildman–Crippen LogP) is 0.350. The van der Waals surface area contributed by atoms with E-state index in [2.05, 4.69) is 0 Å². The van der Waals surface area contributed by atoms with E-state index in [4.69, 9.17) is 16.3 Å². The quantitative estimate of drug-likeness (QED) is 0.389. The second kappa shape index (κ2) is 7.76. The Morgan fingerprint density at radius 3 is 2.39 bits per heavy atom. The fourth-order valence-corrected chi connectivity index (χ4v) is 2.54. The minimum atomic E-state index is -1.29. The summed E-state index contributed by atoms with van der Waals surface area (Å²) in [5.74, 6) is -2.20. The van der Waals surface area contributed by atoms with Gasteiger partial charge in [0.1, 0.15) is 6.54 Å². The number of nitrogens with zero attached hydrogens (tertiary/aromatic N) is 4. The molecule has 2 rings (SSSR count). The van der Waals surface area contributed by atoms with E-state index < -0.39 is 62.8 Å². The highest BCUT2D eigenvalue weighted by atomic mass is 35.5. The van der Waals surface area contributed by atoms with E-state index in [1.165, 1.54) is 0 Å². The molecule has 0 saturated heterocycles. The van der Waals surface area contributed by atoms with E-state index in [1.807, 2.05) is 0 Å². The molecule has 13 heteroatoms. The summed E-state index contributed by atoms with van der Waals surface area (Å²) < 4.78 is 19.8. The molecule has 0 amide bonds. The van der Waals surface area contributed by atoms with Crippen LogP contribution in [0.3, 0.4) is 0 Å². The number of carbonyl (C=O) groups is 1. The lowest BCUT2D eigenvalue weighted by Gasteiger charge is -2.13. The van der Waals surface area contributed by atoms with Gasteiger partial charge in [-0.2, -0.15) is 4.39 Å². The first kappa shape index (κ1) is 21.0. The fourth-order valence-electron chi connectivity index (χ4n) is 2.31. The monoisotopic (exact) mass is 416 g/mol. The summed E-state index contributed by atoms with van der Waals surface area (Å²) in [5, 5.41) is 10.5. The Labute approximate surface area is 160 Å². The van der Waals surface area contributed by atoms with Crippen molar-refractivity contribution in [1.82, 2.24) is 13.7 Å². The van der Waals surface area contributed by atoms with Gasteiger partial charge in [0.15, 0.2) is 0 Å².